The first-order valence-corrected chi connectivity index (χ1v) is 14.9. The number of rotatable bonds is 13. The van der Waals surface area contributed by atoms with E-state index < -0.39 is 5.60 Å². The molecule has 10 heteroatoms. The first-order chi connectivity index (χ1) is 21.3. The van der Waals surface area contributed by atoms with E-state index in [4.69, 9.17) is 29.4 Å². The van der Waals surface area contributed by atoms with Gasteiger partial charge in [0.15, 0.2) is 23.0 Å². The van der Waals surface area contributed by atoms with Gasteiger partial charge in [-0.25, -0.2) is 0 Å². The highest BCUT2D eigenvalue weighted by molar-refractivity contribution is 6.00. The van der Waals surface area contributed by atoms with Crippen LogP contribution in [-0.4, -0.2) is 74.3 Å². The molecule has 1 fully saturated rings. The highest BCUT2D eigenvalue weighted by Gasteiger charge is 2.37. The lowest BCUT2D eigenvalue weighted by Gasteiger charge is -2.42. The van der Waals surface area contributed by atoms with Gasteiger partial charge in [-0.15, -0.1) is 0 Å². The fraction of sp³-hybridized carbons (Fsp3) is 0.382. The van der Waals surface area contributed by atoms with E-state index in [0.29, 0.717) is 60.7 Å². The summed E-state index contributed by atoms with van der Waals surface area (Å²) in [6, 6.07) is 18.9. The first-order valence-electron chi connectivity index (χ1n) is 14.9. The Morgan fingerprint density at radius 2 is 1.77 bits per heavy atom. The standard InChI is InChI=1S/C34H42N4O6/c1-34(39)15-18-42-22-32(34)38(2)16-7-8-17-43-31-20-27-25(19-30(31)41-4)33(26(35)21-36-27)37-23-11-13-24(14-12-23)44-29-10-6-5-9-28(29)40-3/h5-6,9-14,19-21,32,39H,7-8,15-18,22,35H2,1-4H3,(H,36,37)/t32-,34-/m1/s1. The van der Waals surface area contributed by atoms with Crippen molar-refractivity contribution in [3.63, 3.8) is 0 Å². The molecular weight excluding hydrogens is 560 g/mol. The van der Waals surface area contributed by atoms with Crippen LogP contribution in [0.4, 0.5) is 17.1 Å². The monoisotopic (exact) mass is 602 g/mol. The number of anilines is 3. The molecule has 1 aliphatic heterocycles. The fourth-order valence-electron chi connectivity index (χ4n) is 5.43. The number of nitrogens with two attached hydrogens (primary N) is 1. The number of aromatic nitrogens is 1. The van der Waals surface area contributed by atoms with Gasteiger partial charge in [0.1, 0.15) is 5.75 Å². The number of unbranched alkanes of at least 4 members (excludes halogenated alkanes) is 1. The third-order valence-electron chi connectivity index (χ3n) is 8.04. The maximum Gasteiger partial charge on any atom is 0.169 e. The van der Waals surface area contributed by atoms with Crippen LogP contribution in [0.3, 0.4) is 0 Å². The molecule has 0 saturated carbocycles. The second kappa shape index (κ2) is 14.0. The van der Waals surface area contributed by atoms with E-state index in [1.165, 1.54) is 0 Å². The molecule has 0 unspecified atom stereocenters. The van der Waals surface area contributed by atoms with Crippen LogP contribution in [0.5, 0.6) is 28.7 Å². The van der Waals surface area contributed by atoms with Gasteiger partial charge in [-0.2, -0.15) is 0 Å². The molecule has 0 bridgehead atoms. The molecule has 1 aromatic heterocycles. The average Bonchev–Trinajstić information content (AvgIpc) is 3.02. The lowest BCUT2D eigenvalue weighted by Crippen LogP contribution is -2.55. The summed E-state index contributed by atoms with van der Waals surface area (Å²) < 4.78 is 28.8. The third-order valence-corrected chi connectivity index (χ3v) is 8.04. The number of nitrogens with zero attached hydrogens (tertiary/aromatic N) is 2. The number of aliphatic hydroxyl groups is 1. The van der Waals surface area contributed by atoms with Gasteiger partial charge in [-0.05, 0) is 75.8 Å². The molecule has 4 aromatic rings. The summed E-state index contributed by atoms with van der Waals surface area (Å²) in [6.45, 7) is 4.41. The number of nitrogen functional groups attached to an aromatic ring is 1. The van der Waals surface area contributed by atoms with E-state index >= 15 is 0 Å². The zero-order valence-corrected chi connectivity index (χ0v) is 25.8. The molecule has 1 saturated heterocycles. The summed E-state index contributed by atoms with van der Waals surface area (Å²) in [5.74, 6) is 3.20. The Hall–Kier alpha value is -4.25. The minimum Gasteiger partial charge on any atom is -0.493 e. The second-order valence-electron chi connectivity index (χ2n) is 11.2. The minimum absolute atomic E-state index is 0.0104. The average molecular weight is 603 g/mol. The van der Waals surface area contributed by atoms with Crippen molar-refractivity contribution in [2.45, 2.75) is 37.8 Å². The largest absolute Gasteiger partial charge is 0.493 e. The Bertz CT molecular complexity index is 1550. The van der Waals surface area contributed by atoms with Crippen molar-refractivity contribution < 1.29 is 28.8 Å². The number of likely N-dealkylation sites (N-methyl/N-ethyl adjacent to an activating group) is 1. The Balaban J connectivity index is 1.22. The Kier molecular flexibility index (Phi) is 9.94. The van der Waals surface area contributed by atoms with Crippen molar-refractivity contribution >= 4 is 28.0 Å². The van der Waals surface area contributed by atoms with E-state index in [-0.39, 0.29) is 6.04 Å². The van der Waals surface area contributed by atoms with E-state index in [9.17, 15) is 5.11 Å². The molecular formula is C34H42N4O6. The van der Waals surface area contributed by atoms with Crippen molar-refractivity contribution in [1.29, 1.82) is 0 Å². The van der Waals surface area contributed by atoms with Crippen molar-refractivity contribution in [3.05, 3.63) is 66.9 Å². The first kappa shape index (κ1) is 31.2. The van der Waals surface area contributed by atoms with Crippen molar-refractivity contribution in [2.75, 3.05) is 58.7 Å². The number of ether oxygens (including phenoxy) is 5. The molecule has 10 nitrogen and oxygen atoms in total. The number of hydrogen-bond acceptors (Lipinski definition) is 10. The predicted molar refractivity (Wildman–Crippen MR) is 173 cm³/mol. The van der Waals surface area contributed by atoms with Crippen LogP contribution >= 0.6 is 0 Å². The molecule has 1 aliphatic rings. The Morgan fingerprint density at radius 1 is 1.02 bits per heavy atom. The van der Waals surface area contributed by atoms with E-state index in [1.807, 2.05) is 74.6 Å². The quantitative estimate of drug-likeness (QED) is 0.157. The van der Waals surface area contributed by atoms with Crippen molar-refractivity contribution in [3.8, 4) is 28.7 Å². The van der Waals surface area contributed by atoms with Gasteiger partial charge >= 0.3 is 0 Å². The van der Waals surface area contributed by atoms with Gasteiger partial charge in [0.25, 0.3) is 0 Å². The number of nitrogens with one attached hydrogen (secondary N) is 1. The van der Waals surface area contributed by atoms with Crippen LogP contribution in [0.25, 0.3) is 10.9 Å². The molecule has 44 heavy (non-hydrogen) atoms. The van der Waals surface area contributed by atoms with Crippen LogP contribution in [0, 0.1) is 0 Å². The zero-order chi connectivity index (χ0) is 31.1. The Morgan fingerprint density at radius 3 is 2.50 bits per heavy atom. The van der Waals surface area contributed by atoms with Crippen LogP contribution in [0.2, 0.25) is 0 Å². The molecule has 3 aromatic carbocycles. The predicted octanol–water partition coefficient (Wildman–Crippen LogP) is 6.00. The van der Waals surface area contributed by atoms with Gasteiger partial charge in [-0.1, -0.05) is 12.1 Å². The van der Waals surface area contributed by atoms with Gasteiger partial charge in [0.2, 0.25) is 0 Å². The smallest absolute Gasteiger partial charge is 0.169 e. The SMILES string of the molecule is COc1cc2c(Nc3ccc(Oc4ccccc4OC)cc3)c(N)cnc2cc1OCCCCN(C)[C@@H]1COCC[C@@]1(C)O. The molecule has 5 rings (SSSR count). The van der Waals surface area contributed by atoms with Gasteiger partial charge in [0, 0.05) is 30.2 Å². The number of benzene rings is 3. The maximum atomic E-state index is 10.7. The normalized spacial score (nSPS) is 18.3. The minimum atomic E-state index is -0.735. The van der Waals surface area contributed by atoms with Crippen LogP contribution in [-0.2, 0) is 4.74 Å². The molecule has 0 spiro atoms. The number of fused-ring (bicyclic) bond motifs is 1. The molecule has 2 heterocycles. The highest BCUT2D eigenvalue weighted by atomic mass is 16.5. The van der Waals surface area contributed by atoms with Gasteiger partial charge < -0.3 is 39.8 Å². The van der Waals surface area contributed by atoms with Gasteiger partial charge in [-0.3, -0.25) is 9.88 Å². The summed E-state index contributed by atoms with van der Waals surface area (Å²) in [4.78, 5) is 6.73. The summed E-state index contributed by atoms with van der Waals surface area (Å²) in [7, 11) is 5.27. The summed E-state index contributed by atoms with van der Waals surface area (Å²) in [5.41, 5.74) is 8.44. The zero-order valence-electron chi connectivity index (χ0n) is 25.8. The summed E-state index contributed by atoms with van der Waals surface area (Å²) in [6.07, 6.45) is 4.06. The number of methoxy groups -OCH3 is 2. The van der Waals surface area contributed by atoms with Crippen LogP contribution < -0.4 is 30.0 Å². The van der Waals surface area contributed by atoms with Gasteiger partial charge in [0.05, 0.1) is 62.2 Å². The van der Waals surface area contributed by atoms with E-state index in [0.717, 1.165) is 41.7 Å². The topological polar surface area (TPSA) is 121 Å². The lowest BCUT2D eigenvalue weighted by molar-refractivity contribution is -0.113. The molecule has 2 atom stereocenters. The van der Waals surface area contributed by atoms with Crippen LogP contribution in [0.1, 0.15) is 26.2 Å². The Labute approximate surface area is 258 Å². The molecule has 234 valence electrons. The number of pyridine rings is 1. The summed E-state index contributed by atoms with van der Waals surface area (Å²) >= 11 is 0. The van der Waals surface area contributed by atoms with Crippen LogP contribution in [0.15, 0.2) is 66.9 Å². The summed E-state index contributed by atoms with van der Waals surface area (Å²) in [5, 5.41) is 15.0. The maximum absolute atomic E-state index is 10.7. The molecule has 4 N–H and O–H groups in total. The lowest BCUT2D eigenvalue weighted by atomic mass is 9.90. The van der Waals surface area contributed by atoms with Crippen molar-refractivity contribution in [1.82, 2.24) is 9.88 Å². The fourth-order valence-corrected chi connectivity index (χ4v) is 5.43. The second-order valence-corrected chi connectivity index (χ2v) is 11.2. The molecule has 0 amide bonds. The van der Waals surface area contributed by atoms with Crippen molar-refractivity contribution in [2.24, 2.45) is 0 Å². The van der Waals surface area contributed by atoms with E-state index in [2.05, 4.69) is 15.2 Å². The highest BCUT2D eigenvalue weighted by Crippen LogP contribution is 2.39. The number of hydrogen-bond donors (Lipinski definition) is 3. The molecule has 0 aliphatic carbocycles. The number of para-hydroxylation sites is 2. The third kappa shape index (κ3) is 7.27. The molecule has 0 radical (unpaired) electrons. The van der Waals surface area contributed by atoms with E-state index in [1.54, 1.807) is 20.4 Å².